The molecule has 23 heavy (non-hydrogen) atoms. The van der Waals surface area contributed by atoms with Gasteiger partial charge in [-0.15, -0.1) is 0 Å². The molecule has 0 saturated carbocycles. The summed E-state index contributed by atoms with van der Waals surface area (Å²) in [5.41, 5.74) is 0. The first-order valence-corrected chi connectivity index (χ1v) is 9.27. The molecule has 7 heteroatoms. The Morgan fingerprint density at radius 2 is 1.91 bits per heavy atom. The molecule has 0 radical (unpaired) electrons. The van der Waals surface area contributed by atoms with Gasteiger partial charge in [0.05, 0.1) is 11.5 Å². The molecule has 1 aliphatic heterocycles. The van der Waals surface area contributed by atoms with E-state index in [2.05, 4.69) is 4.90 Å². The Labute approximate surface area is 139 Å². The highest BCUT2D eigenvalue weighted by molar-refractivity contribution is 7.89. The molecule has 1 aromatic carbocycles. The van der Waals surface area contributed by atoms with E-state index in [9.17, 15) is 8.42 Å². The molecule has 1 heterocycles. The summed E-state index contributed by atoms with van der Waals surface area (Å²) in [6, 6.07) is 6.87. The van der Waals surface area contributed by atoms with Gasteiger partial charge in [-0.2, -0.15) is 4.31 Å². The van der Waals surface area contributed by atoms with Crippen LogP contribution in [-0.2, 0) is 14.8 Å². The maximum atomic E-state index is 12.8. The van der Waals surface area contributed by atoms with Crippen molar-refractivity contribution in [2.24, 2.45) is 0 Å². The van der Waals surface area contributed by atoms with Crippen LogP contribution in [0.25, 0.3) is 0 Å². The Hall–Kier alpha value is -1.15. The summed E-state index contributed by atoms with van der Waals surface area (Å²) in [5, 5.41) is 0. The Morgan fingerprint density at radius 3 is 2.52 bits per heavy atom. The molecule has 2 rings (SSSR count). The third-order valence-corrected chi connectivity index (χ3v) is 5.99. The molecule has 1 unspecified atom stereocenters. The number of likely N-dealkylation sites (N-methyl/N-ethyl adjacent to an activating group) is 1. The van der Waals surface area contributed by atoms with Crippen molar-refractivity contribution in [2.75, 3.05) is 47.5 Å². The molecule has 0 aromatic heterocycles. The lowest BCUT2D eigenvalue weighted by atomic mass is 10.1. The minimum Gasteiger partial charge on any atom is -0.491 e. The summed E-state index contributed by atoms with van der Waals surface area (Å²) in [6.07, 6.45) is 1.92. The van der Waals surface area contributed by atoms with Gasteiger partial charge < -0.3 is 14.4 Å². The van der Waals surface area contributed by atoms with E-state index in [-0.39, 0.29) is 6.04 Å². The number of rotatable bonds is 7. The molecule has 1 saturated heterocycles. The third-order valence-electron chi connectivity index (χ3n) is 4.11. The van der Waals surface area contributed by atoms with E-state index >= 15 is 0 Å². The van der Waals surface area contributed by atoms with Crippen molar-refractivity contribution >= 4 is 10.0 Å². The van der Waals surface area contributed by atoms with Crippen molar-refractivity contribution in [1.29, 1.82) is 0 Å². The first kappa shape index (κ1) is 18.2. The smallest absolute Gasteiger partial charge is 0.243 e. The molecule has 0 aliphatic carbocycles. The van der Waals surface area contributed by atoms with Crippen molar-refractivity contribution < 1.29 is 17.9 Å². The van der Waals surface area contributed by atoms with Crippen LogP contribution in [0.3, 0.4) is 0 Å². The van der Waals surface area contributed by atoms with Crippen molar-refractivity contribution in [3.05, 3.63) is 24.3 Å². The van der Waals surface area contributed by atoms with E-state index in [0.29, 0.717) is 36.9 Å². The van der Waals surface area contributed by atoms with Crippen molar-refractivity contribution in [3.63, 3.8) is 0 Å². The van der Waals surface area contributed by atoms with Gasteiger partial charge in [0.2, 0.25) is 10.0 Å². The van der Waals surface area contributed by atoms with Crippen LogP contribution in [0.4, 0.5) is 0 Å². The monoisotopic (exact) mass is 342 g/mol. The molecule has 1 aromatic rings. The lowest BCUT2D eigenvalue weighted by molar-refractivity contribution is 0.146. The molecule has 1 atom stereocenters. The largest absolute Gasteiger partial charge is 0.491 e. The van der Waals surface area contributed by atoms with Gasteiger partial charge in [-0.1, -0.05) is 0 Å². The fraction of sp³-hybridized carbons (Fsp3) is 0.625. The number of nitrogens with zero attached hydrogens (tertiary/aromatic N) is 2. The van der Waals surface area contributed by atoms with Gasteiger partial charge in [-0.05, 0) is 51.2 Å². The van der Waals surface area contributed by atoms with Crippen LogP contribution in [0.15, 0.2) is 29.2 Å². The number of sulfonamides is 1. The fourth-order valence-electron chi connectivity index (χ4n) is 2.66. The number of hydrogen-bond acceptors (Lipinski definition) is 5. The summed E-state index contributed by atoms with van der Waals surface area (Å²) in [6.45, 7) is 2.07. The van der Waals surface area contributed by atoms with Crippen LogP contribution in [0.1, 0.15) is 12.8 Å². The molecular formula is C16H26N2O4S. The SMILES string of the molecule is COCCOc1ccc(S(=O)(=O)N2CCCC(N(C)C)C2)cc1. The molecule has 0 N–H and O–H groups in total. The van der Waals surface area contributed by atoms with Crippen LogP contribution in [0.2, 0.25) is 0 Å². The Kier molecular flexibility index (Phi) is 6.41. The standard InChI is InChI=1S/C16H26N2O4S/c1-17(2)14-5-4-10-18(13-14)23(19,20)16-8-6-15(7-9-16)22-12-11-21-3/h6-9,14H,4-5,10-13H2,1-3H3. The van der Waals surface area contributed by atoms with Crippen molar-refractivity contribution in [3.8, 4) is 5.75 Å². The summed E-state index contributed by atoms with van der Waals surface area (Å²) >= 11 is 0. The van der Waals surface area contributed by atoms with Gasteiger partial charge in [-0.3, -0.25) is 0 Å². The highest BCUT2D eigenvalue weighted by Crippen LogP contribution is 2.24. The molecule has 0 spiro atoms. The van der Waals surface area contributed by atoms with Crippen molar-refractivity contribution in [2.45, 2.75) is 23.8 Å². The zero-order valence-electron chi connectivity index (χ0n) is 14.1. The van der Waals surface area contributed by atoms with Gasteiger partial charge in [0.25, 0.3) is 0 Å². The first-order valence-electron chi connectivity index (χ1n) is 7.83. The quantitative estimate of drug-likeness (QED) is 0.702. The second-order valence-corrected chi connectivity index (χ2v) is 7.87. The van der Waals surface area contributed by atoms with Gasteiger partial charge in [0.15, 0.2) is 0 Å². The highest BCUT2D eigenvalue weighted by atomic mass is 32.2. The van der Waals surface area contributed by atoms with Gasteiger partial charge in [-0.25, -0.2) is 8.42 Å². The molecule has 1 fully saturated rings. The Balaban J connectivity index is 2.06. The van der Waals surface area contributed by atoms with E-state index < -0.39 is 10.0 Å². The number of benzene rings is 1. The lowest BCUT2D eigenvalue weighted by Gasteiger charge is -2.35. The van der Waals surface area contributed by atoms with E-state index in [4.69, 9.17) is 9.47 Å². The average molecular weight is 342 g/mol. The van der Waals surface area contributed by atoms with Gasteiger partial charge >= 0.3 is 0 Å². The van der Waals surface area contributed by atoms with E-state index in [1.807, 2.05) is 14.1 Å². The van der Waals surface area contributed by atoms with E-state index in [1.54, 1.807) is 35.7 Å². The van der Waals surface area contributed by atoms with Gasteiger partial charge in [0, 0.05) is 26.2 Å². The van der Waals surface area contributed by atoms with Gasteiger partial charge in [0.1, 0.15) is 12.4 Å². The Morgan fingerprint density at radius 1 is 1.22 bits per heavy atom. The van der Waals surface area contributed by atoms with Crippen LogP contribution in [0.5, 0.6) is 5.75 Å². The maximum Gasteiger partial charge on any atom is 0.243 e. The summed E-state index contributed by atoms with van der Waals surface area (Å²) < 4.78 is 37.5. The molecule has 130 valence electrons. The van der Waals surface area contributed by atoms with Crippen molar-refractivity contribution in [1.82, 2.24) is 9.21 Å². The van der Waals surface area contributed by atoms with Crippen LogP contribution < -0.4 is 4.74 Å². The van der Waals surface area contributed by atoms with E-state index in [1.165, 1.54) is 0 Å². The Bertz CT molecular complexity index is 587. The molecular weight excluding hydrogens is 316 g/mol. The second-order valence-electron chi connectivity index (χ2n) is 5.94. The van der Waals surface area contributed by atoms with Crippen LogP contribution in [0, 0.1) is 0 Å². The maximum absolute atomic E-state index is 12.8. The normalized spacial score (nSPS) is 19.9. The van der Waals surface area contributed by atoms with E-state index in [0.717, 1.165) is 12.8 Å². The predicted octanol–water partition coefficient (Wildman–Crippen LogP) is 1.43. The lowest BCUT2D eigenvalue weighted by Crippen LogP contribution is -2.47. The third kappa shape index (κ3) is 4.67. The topological polar surface area (TPSA) is 59.1 Å². The number of ether oxygens (including phenoxy) is 2. The fourth-order valence-corrected chi connectivity index (χ4v) is 4.18. The summed E-state index contributed by atoms with van der Waals surface area (Å²) in [4.78, 5) is 2.41. The molecule has 1 aliphatic rings. The summed E-state index contributed by atoms with van der Waals surface area (Å²) in [7, 11) is 2.15. The zero-order chi connectivity index (χ0) is 16.9. The number of piperidine rings is 1. The number of methoxy groups -OCH3 is 1. The predicted molar refractivity (Wildman–Crippen MR) is 89.3 cm³/mol. The van der Waals surface area contributed by atoms with Crippen LogP contribution in [-0.4, -0.2) is 71.2 Å². The second kappa shape index (κ2) is 8.10. The summed E-state index contributed by atoms with van der Waals surface area (Å²) in [5.74, 6) is 0.644. The molecule has 0 bridgehead atoms. The highest BCUT2D eigenvalue weighted by Gasteiger charge is 2.30. The minimum atomic E-state index is -3.44. The zero-order valence-corrected chi connectivity index (χ0v) is 14.9. The minimum absolute atomic E-state index is 0.273. The molecule has 6 nitrogen and oxygen atoms in total. The molecule has 0 amide bonds. The first-order chi connectivity index (χ1) is 10.9. The van der Waals surface area contributed by atoms with Crippen LogP contribution >= 0.6 is 0 Å². The number of hydrogen-bond donors (Lipinski definition) is 0. The average Bonchev–Trinajstić information content (AvgIpc) is 2.55.